The summed E-state index contributed by atoms with van der Waals surface area (Å²) in [5.74, 6) is -1.48. The van der Waals surface area contributed by atoms with Crippen LogP contribution in [0.1, 0.15) is 25.0 Å². The van der Waals surface area contributed by atoms with E-state index in [1.807, 2.05) is 44.2 Å². The highest BCUT2D eigenvalue weighted by atomic mass is 35.5. The number of benzene rings is 4. The van der Waals surface area contributed by atoms with E-state index in [1.165, 1.54) is 47.4 Å². The number of halogens is 2. The summed E-state index contributed by atoms with van der Waals surface area (Å²) in [6.07, 6.45) is 0.170. The van der Waals surface area contributed by atoms with Crippen LogP contribution in [0.2, 0.25) is 5.02 Å². The molecular formula is C33H33ClFN3O4S. The molecule has 0 unspecified atom stereocenters. The summed E-state index contributed by atoms with van der Waals surface area (Å²) in [7, 11) is -4.26. The first-order chi connectivity index (χ1) is 20.6. The molecule has 0 saturated heterocycles. The van der Waals surface area contributed by atoms with Crippen LogP contribution < -0.4 is 9.62 Å². The lowest BCUT2D eigenvalue weighted by atomic mass is 10.0. The van der Waals surface area contributed by atoms with Crippen molar-refractivity contribution in [1.82, 2.24) is 10.2 Å². The van der Waals surface area contributed by atoms with E-state index < -0.39 is 40.2 Å². The number of anilines is 1. The van der Waals surface area contributed by atoms with E-state index in [9.17, 15) is 22.4 Å². The topological polar surface area (TPSA) is 86.8 Å². The minimum Gasteiger partial charge on any atom is -0.352 e. The highest BCUT2D eigenvalue weighted by Gasteiger charge is 2.35. The summed E-state index contributed by atoms with van der Waals surface area (Å²) in [6.45, 7) is 2.93. The Morgan fingerprint density at radius 2 is 1.40 bits per heavy atom. The van der Waals surface area contributed by atoms with Gasteiger partial charge in [0.25, 0.3) is 10.0 Å². The molecule has 0 saturated carbocycles. The lowest BCUT2D eigenvalue weighted by molar-refractivity contribution is -0.140. The molecule has 1 atom stereocenters. The Morgan fingerprint density at radius 1 is 0.814 bits per heavy atom. The van der Waals surface area contributed by atoms with Gasteiger partial charge in [-0.1, -0.05) is 84.4 Å². The smallest absolute Gasteiger partial charge is 0.264 e. The highest BCUT2D eigenvalue weighted by molar-refractivity contribution is 7.92. The first-order valence-electron chi connectivity index (χ1n) is 13.8. The van der Waals surface area contributed by atoms with Gasteiger partial charge in [0, 0.05) is 19.0 Å². The van der Waals surface area contributed by atoms with E-state index in [-0.39, 0.29) is 34.6 Å². The van der Waals surface area contributed by atoms with Gasteiger partial charge < -0.3 is 10.2 Å². The number of rotatable bonds is 12. The van der Waals surface area contributed by atoms with Gasteiger partial charge in [0.05, 0.1) is 15.6 Å². The molecule has 0 aliphatic carbocycles. The van der Waals surface area contributed by atoms with Crippen LogP contribution in [0.15, 0.2) is 114 Å². The van der Waals surface area contributed by atoms with E-state index in [0.717, 1.165) is 9.87 Å². The molecule has 1 N–H and O–H groups in total. The fourth-order valence-electron chi connectivity index (χ4n) is 4.61. The summed E-state index contributed by atoms with van der Waals surface area (Å²) in [6, 6.07) is 27.7. The molecule has 7 nitrogen and oxygen atoms in total. The van der Waals surface area contributed by atoms with Crippen LogP contribution in [0.4, 0.5) is 10.1 Å². The Bertz CT molecular complexity index is 1640. The second-order valence-electron chi connectivity index (χ2n) is 10.3. The van der Waals surface area contributed by atoms with Crippen molar-refractivity contribution in [3.63, 3.8) is 0 Å². The largest absolute Gasteiger partial charge is 0.352 e. The van der Waals surface area contributed by atoms with E-state index >= 15 is 0 Å². The molecule has 4 rings (SSSR count). The zero-order valence-corrected chi connectivity index (χ0v) is 25.4. The van der Waals surface area contributed by atoms with Gasteiger partial charge >= 0.3 is 0 Å². The number of carbonyl (C=O) groups is 2. The quantitative estimate of drug-likeness (QED) is 0.215. The summed E-state index contributed by atoms with van der Waals surface area (Å²) in [4.78, 5) is 29.3. The molecule has 224 valence electrons. The molecule has 0 heterocycles. The Hall–Kier alpha value is -4.21. The molecule has 4 aromatic carbocycles. The fourth-order valence-corrected chi connectivity index (χ4v) is 6.35. The Labute approximate surface area is 257 Å². The molecule has 43 heavy (non-hydrogen) atoms. The number of para-hydroxylation sites is 1. The van der Waals surface area contributed by atoms with Crippen molar-refractivity contribution in [2.75, 3.05) is 10.8 Å². The lowest BCUT2D eigenvalue weighted by Gasteiger charge is -2.34. The molecule has 0 aliphatic rings. The van der Waals surface area contributed by atoms with Gasteiger partial charge in [0.1, 0.15) is 18.4 Å². The summed E-state index contributed by atoms with van der Waals surface area (Å²) >= 11 is 6.47. The van der Waals surface area contributed by atoms with Crippen LogP contribution in [0.3, 0.4) is 0 Å². The molecule has 0 aromatic heterocycles. The number of sulfonamides is 1. The predicted octanol–water partition coefficient (Wildman–Crippen LogP) is 5.84. The van der Waals surface area contributed by atoms with Crippen LogP contribution >= 0.6 is 11.6 Å². The maximum atomic E-state index is 14.3. The molecule has 4 aromatic rings. The van der Waals surface area contributed by atoms with Crippen LogP contribution in [-0.2, 0) is 32.6 Å². The molecule has 0 aliphatic heterocycles. The highest BCUT2D eigenvalue weighted by Crippen LogP contribution is 2.31. The number of hydrogen-bond donors (Lipinski definition) is 1. The lowest BCUT2D eigenvalue weighted by Crippen LogP contribution is -2.54. The third-order valence-electron chi connectivity index (χ3n) is 6.70. The molecule has 0 radical (unpaired) electrons. The Morgan fingerprint density at radius 3 is 2.00 bits per heavy atom. The number of carbonyl (C=O) groups excluding carboxylic acids is 2. The van der Waals surface area contributed by atoms with Crippen molar-refractivity contribution < 1.29 is 22.4 Å². The molecule has 0 spiro atoms. The van der Waals surface area contributed by atoms with E-state index in [1.54, 1.807) is 36.4 Å². The van der Waals surface area contributed by atoms with Crippen LogP contribution in [-0.4, -0.2) is 43.8 Å². The first kappa shape index (κ1) is 31.7. The Balaban J connectivity index is 1.80. The summed E-state index contributed by atoms with van der Waals surface area (Å²) in [5.41, 5.74) is 1.50. The first-order valence-corrected chi connectivity index (χ1v) is 15.6. The standard InChI is InChI=1S/C33H33ClFN3O4S/c1-24(2)36-33(40)31(21-25-11-5-3-6-12-25)37(22-26-17-19-27(35)20-18-26)32(39)23-38(30-16-10-9-15-29(30)34)43(41,42)28-13-7-4-8-14-28/h3-20,24,31H,21-23H2,1-2H3,(H,36,40)/t31-/m0/s1. The maximum absolute atomic E-state index is 14.3. The molecule has 0 fully saturated rings. The number of amides is 2. The second-order valence-corrected chi connectivity index (χ2v) is 12.6. The average Bonchev–Trinajstić information content (AvgIpc) is 2.99. The van der Waals surface area contributed by atoms with Gasteiger partial charge in [-0.3, -0.25) is 13.9 Å². The number of hydrogen-bond acceptors (Lipinski definition) is 4. The van der Waals surface area contributed by atoms with Gasteiger partial charge in [-0.2, -0.15) is 0 Å². The second kappa shape index (κ2) is 14.3. The fraction of sp³-hybridized carbons (Fsp3) is 0.212. The third-order valence-corrected chi connectivity index (χ3v) is 8.79. The van der Waals surface area contributed by atoms with Gasteiger partial charge in [-0.15, -0.1) is 0 Å². The van der Waals surface area contributed by atoms with Gasteiger partial charge in [0.15, 0.2) is 0 Å². The SMILES string of the molecule is CC(C)NC(=O)[C@H](Cc1ccccc1)N(Cc1ccc(F)cc1)C(=O)CN(c1ccccc1Cl)S(=O)(=O)c1ccccc1. The number of nitrogens with zero attached hydrogens (tertiary/aromatic N) is 2. The van der Waals surface area contributed by atoms with E-state index in [2.05, 4.69) is 5.32 Å². The molecular weight excluding hydrogens is 589 g/mol. The van der Waals surface area contributed by atoms with Crippen molar-refractivity contribution in [3.8, 4) is 0 Å². The summed E-state index contributed by atoms with van der Waals surface area (Å²) < 4.78 is 42.6. The van der Waals surface area contributed by atoms with Gasteiger partial charge in [-0.25, -0.2) is 12.8 Å². The van der Waals surface area contributed by atoms with Crippen molar-refractivity contribution in [2.24, 2.45) is 0 Å². The normalized spacial score (nSPS) is 12.0. The van der Waals surface area contributed by atoms with Crippen LogP contribution in [0.25, 0.3) is 0 Å². The zero-order chi connectivity index (χ0) is 31.0. The van der Waals surface area contributed by atoms with Crippen molar-refractivity contribution in [3.05, 3.63) is 131 Å². The monoisotopic (exact) mass is 621 g/mol. The van der Waals surface area contributed by atoms with Crippen molar-refractivity contribution in [1.29, 1.82) is 0 Å². The van der Waals surface area contributed by atoms with E-state index in [4.69, 9.17) is 11.6 Å². The Kier molecular flexibility index (Phi) is 10.6. The minimum atomic E-state index is -4.26. The average molecular weight is 622 g/mol. The van der Waals surface area contributed by atoms with Crippen LogP contribution in [0.5, 0.6) is 0 Å². The minimum absolute atomic E-state index is 0.0220. The third kappa shape index (κ3) is 8.21. The summed E-state index contributed by atoms with van der Waals surface area (Å²) in [5, 5.41) is 3.04. The zero-order valence-electron chi connectivity index (χ0n) is 23.9. The van der Waals surface area contributed by atoms with Crippen molar-refractivity contribution >= 4 is 39.1 Å². The predicted molar refractivity (Wildman–Crippen MR) is 167 cm³/mol. The van der Waals surface area contributed by atoms with Gasteiger partial charge in [0.2, 0.25) is 11.8 Å². The molecule has 10 heteroatoms. The number of nitrogens with one attached hydrogen (secondary N) is 1. The van der Waals surface area contributed by atoms with Crippen molar-refractivity contribution in [2.45, 2.75) is 43.8 Å². The molecule has 0 bridgehead atoms. The van der Waals surface area contributed by atoms with E-state index in [0.29, 0.717) is 5.56 Å². The molecule has 2 amide bonds. The van der Waals surface area contributed by atoms with Gasteiger partial charge in [-0.05, 0) is 61.4 Å². The van der Waals surface area contributed by atoms with Crippen LogP contribution in [0, 0.1) is 5.82 Å². The maximum Gasteiger partial charge on any atom is 0.264 e.